The van der Waals surface area contributed by atoms with Gasteiger partial charge in [0.05, 0.1) is 13.0 Å². The fourth-order valence-electron chi connectivity index (χ4n) is 4.93. The van der Waals surface area contributed by atoms with Crippen molar-refractivity contribution in [3.05, 3.63) is 59.7 Å². The summed E-state index contributed by atoms with van der Waals surface area (Å²) in [5.74, 6) is -1.57. The number of aromatic hydroxyl groups is 2. The first-order chi connectivity index (χ1) is 21.8. The molecular weight excluding hydrogens is 590 g/mol. The molecule has 0 heterocycles. The number of alkyl carbamates (subject to hydrolysis) is 1. The molecule has 0 aliphatic heterocycles. The largest absolute Gasteiger partial charge is 0.508 e. The van der Waals surface area contributed by atoms with E-state index in [0.29, 0.717) is 17.5 Å². The van der Waals surface area contributed by atoms with Crippen LogP contribution in [0.25, 0.3) is 0 Å². The average molecular weight is 642 g/mol. The van der Waals surface area contributed by atoms with Gasteiger partial charge in [0.25, 0.3) is 0 Å². The number of nitrogens with one attached hydrogen (secondary N) is 2. The standard InChI is InChI=1S/C35H51N3O8/c1-6-8-9-10-11-12-22-38(31(26-14-13-15-28(40)24-26)32(42)36-21-20-30(41)45-7-2)33(43)29(37-34(44)46-35(3,4)5)23-25-16-18-27(39)19-17-25/h13-19,24,29,31,39-40H,6-12,20-23H2,1-5H3,(H,36,42)(H,37,44). The van der Waals surface area contributed by atoms with Gasteiger partial charge in [-0.1, -0.05) is 63.3 Å². The maximum Gasteiger partial charge on any atom is 0.408 e. The van der Waals surface area contributed by atoms with Crippen LogP contribution in [0.1, 0.15) is 96.7 Å². The van der Waals surface area contributed by atoms with Gasteiger partial charge in [-0.15, -0.1) is 0 Å². The topological polar surface area (TPSA) is 154 Å². The molecule has 0 saturated heterocycles. The number of nitrogens with zero attached hydrogens (tertiary/aromatic N) is 1. The van der Waals surface area contributed by atoms with Crippen molar-refractivity contribution in [2.75, 3.05) is 19.7 Å². The number of hydrogen-bond acceptors (Lipinski definition) is 8. The summed E-state index contributed by atoms with van der Waals surface area (Å²) in [6, 6.07) is 10.1. The molecular formula is C35H51N3O8. The van der Waals surface area contributed by atoms with Crippen molar-refractivity contribution < 1.29 is 38.9 Å². The molecule has 0 bridgehead atoms. The summed E-state index contributed by atoms with van der Waals surface area (Å²) < 4.78 is 10.5. The van der Waals surface area contributed by atoms with Gasteiger partial charge >= 0.3 is 12.1 Å². The highest BCUT2D eigenvalue weighted by molar-refractivity contribution is 5.92. The Hall–Kier alpha value is -4.28. The fourth-order valence-corrected chi connectivity index (χ4v) is 4.93. The highest BCUT2D eigenvalue weighted by Gasteiger charge is 2.36. The van der Waals surface area contributed by atoms with Crippen molar-refractivity contribution in [3.63, 3.8) is 0 Å². The number of amides is 3. The van der Waals surface area contributed by atoms with E-state index < -0.39 is 41.6 Å². The minimum Gasteiger partial charge on any atom is -0.508 e. The Kier molecular flexibility index (Phi) is 15.9. The lowest BCUT2D eigenvalue weighted by Crippen LogP contribution is -2.54. The van der Waals surface area contributed by atoms with Crippen LogP contribution < -0.4 is 10.6 Å². The van der Waals surface area contributed by atoms with Crippen LogP contribution in [-0.4, -0.2) is 70.3 Å². The lowest BCUT2D eigenvalue weighted by molar-refractivity contribution is -0.144. The minimum absolute atomic E-state index is 0.0148. The first-order valence-electron chi connectivity index (χ1n) is 16.1. The summed E-state index contributed by atoms with van der Waals surface area (Å²) in [4.78, 5) is 54.8. The molecule has 0 radical (unpaired) electrons. The van der Waals surface area contributed by atoms with Crippen LogP contribution in [-0.2, 0) is 30.3 Å². The van der Waals surface area contributed by atoms with Crippen LogP contribution >= 0.6 is 0 Å². The highest BCUT2D eigenvalue weighted by Crippen LogP contribution is 2.27. The van der Waals surface area contributed by atoms with Gasteiger partial charge < -0.3 is 35.2 Å². The zero-order valence-electron chi connectivity index (χ0n) is 27.8. The van der Waals surface area contributed by atoms with E-state index in [1.54, 1.807) is 52.0 Å². The zero-order valence-corrected chi connectivity index (χ0v) is 27.8. The normalized spacial score (nSPS) is 12.5. The van der Waals surface area contributed by atoms with Crippen LogP contribution in [0.4, 0.5) is 4.79 Å². The Bertz CT molecular complexity index is 1260. The number of phenols is 2. The van der Waals surface area contributed by atoms with E-state index in [1.807, 2.05) is 0 Å². The monoisotopic (exact) mass is 641 g/mol. The number of carbonyl (C=O) groups excluding carboxylic acids is 4. The number of esters is 1. The molecule has 2 aromatic carbocycles. The summed E-state index contributed by atoms with van der Waals surface area (Å²) in [6.45, 7) is 9.36. The van der Waals surface area contributed by atoms with Crippen molar-refractivity contribution >= 4 is 23.9 Å². The van der Waals surface area contributed by atoms with E-state index in [4.69, 9.17) is 9.47 Å². The highest BCUT2D eigenvalue weighted by atomic mass is 16.6. The second-order valence-electron chi connectivity index (χ2n) is 12.2. The van der Waals surface area contributed by atoms with Crippen molar-refractivity contribution in [2.45, 2.75) is 104 Å². The molecule has 11 heteroatoms. The predicted molar refractivity (Wildman–Crippen MR) is 175 cm³/mol. The fraction of sp³-hybridized carbons (Fsp3) is 0.543. The first kappa shape index (κ1) is 37.9. The van der Waals surface area contributed by atoms with E-state index in [-0.39, 0.29) is 44.0 Å². The number of rotatable bonds is 18. The van der Waals surface area contributed by atoms with Gasteiger partial charge in [0, 0.05) is 19.5 Å². The maximum absolute atomic E-state index is 14.5. The number of unbranched alkanes of at least 4 members (excludes halogenated alkanes) is 5. The average Bonchev–Trinajstić information content (AvgIpc) is 2.98. The number of benzene rings is 2. The van der Waals surface area contributed by atoms with Gasteiger partial charge in [0.15, 0.2) is 0 Å². The summed E-state index contributed by atoms with van der Waals surface area (Å²) in [6.07, 6.45) is 4.84. The minimum atomic E-state index is -1.18. The molecule has 2 atom stereocenters. The molecule has 2 rings (SSSR count). The summed E-state index contributed by atoms with van der Waals surface area (Å²) >= 11 is 0. The Morgan fingerprint density at radius 1 is 0.891 bits per heavy atom. The van der Waals surface area contributed by atoms with Crippen LogP contribution in [0, 0.1) is 0 Å². The maximum atomic E-state index is 14.5. The van der Waals surface area contributed by atoms with Gasteiger partial charge in [-0.2, -0.15) is 0 Å². The summed E-state index contributed by atoms with van der Waals surface area (Å²) in [5, 5.41) is 25.6. The smallest absolute Gasteiger partial charge is 0.408 e. The van der Waals surface area contributed by atoms with Crippen LogP contribution in [0.3, 0.4) is 0 Å². The molecule has 46 heavy (non-hydrogen) atoms. The van der Waals surface area contributed by atoms with Gasteiger partial charge in [0.1, 0.15) is 29.2 Å². The molecule has 0 saturated carbocycles. The molecule has 2 aromatic rings. The number of ether oxygens (including phenoxy) is 2. The molecule has 254 valence electrons. The molecule has 3 amide bonds. The summed E-state index contributed by atoms with van der Waals surface area (Å²) in [5.41, 5.74) is 0.213. The molecule has 0 aliphatic rings. The van der Waals surface area contributed by atoms with Gasteiger partial charge in [-0.25, -0.2) is 4.79 Å². The second-order valence-corrected chi connectivity index (χ2v) is 12.2. The van der Waals surface area contributed by atoms with Gasteiger partial charge in [-0.3, -0.25) is 14.4 Å². The Morgan fingerprint density at radius 3 is 2.20 bits per heavy atom. The van der Waals surface area contributed by atoms with Gasteiger partial charge in [-0.05, 0) is 69.5 Å². The third-order valence-electron chi connectivity index (χ3n) is 7.08. The summed E-state index contributed by atoms with van der Waals surface area (Å²) in [7, 11) is 0. The van der Waals surface area contributed by atoms with E-state index in [2.05, 4.69) is 17.6 Å². The Balaban J connectivity index is 2.51. The SMILES string of the molecule is CCCCCCCCN(C(=O)C(Cc1ccc(O)cc1)NC(=O)OC(C)(C)C)C(C(=O)NCCC(=O)OCC)c1cccc(O)c1. The van der Waals surface area contributed by atoms with Crippen molar-refractivity contribution in [1.82, 2.24) is 15.5 Å². The molecule has 11 nitrogen and oxygen atoms in total. The molecule has 0 aliphatic carbocycles. The Labute approximate surface area is 272 Å². The van der Waals surface area contributed by atoms with Crippen molar-refractivity contribution in [2.24, 2.45) is 0 Å². The molecule has 2 unspecified atom stereocenters. The second kappa shape index (κ2) is 19.3. The van der Waals surface area contributed by atoms with Crippen molar-refractivity contribution in [3.8, 4) is 11.5 Å². The Morgan fingerprint density at radius 2 is 1.57 bits per heavy atom. The van der Waals surface area contributed by atoms with E-state index in [9.17, 15) is 29.4 Å². The first-order valence-corrected chi connectivity index (χ1v) is 16.1. The van der Waals surface area contributed by atoms with Crippen LogP contribution in [0.15, 0.2) is 48.5 Å². The van der Waals surface area contributed by atoms with E-state index in [1.165, 1.54) is 29.2 Å². The predicted octanol–water partition coefficient (Wildman–Crippen LogP) is 5.53. The van der Waals surface area contributed by atoms with Crippen molar-refractivity contribution in [1.29, 1.82) is 0 Å². The number of phenolic OH excluding ortho intramolecular Hbond substituents is 2. The zero-order chi connectivity index (χ0) is 34.1. The molecule has 0 fully saturated rings. The third kappa shape index (κ3) is 13.8. The molecule has 4 N–H and O–H groups in total. The lowest BCUT2D eigenvalue weighted by Gasteiger charge is -2.34. The number of carbonyl (C=O) groups is 4. The van der Waals surface area contributed by atoms with E-state index in [0.717, 1.165) is 32.1 Å². The van der Waals surface area contributed by atoms with Gasteiger partial charge in [0.2, 0.25) is 11.8 Å². The van der Waals surface area contributed by atoms with E-state index >= 15 is 0 Å². The lowest BCUT2D eigenvalue weighted by atomic mass is 9.99. The third-order valence-corrected chi connectivity index (χ3v) is 7.08. The molecule has 0 aromatic heterocycles. The number of hydrogen-bond donors (Lipinski definition) is 4. The quantitative estimate of drug-likeness (QED) is 0.122. The van der Waals surface area contributed by atoms with Crippen LogP contribution in [0.5, 0.6) is 11.5 Å². The van der Waals surface area contributed by atoms with Crippen LogP contribution in [0.2, 0.25) is 0 Å². The molecule has 0 spiro atoms.